The number of aliphatic carboxylic acids is 1. The van der Waals surface area contributed by atoms with Gasteiger partial charge in [-0.2, -0.15) is 0 Å². The lowest BCUT2D eigenvalue weighted by Gasteiger charge is -2.48. The molecular weight excluding hydrogens is 347 g/mol. The van der Waals surface area contributed by atoms with Crippen molar-refractivity contribution in [3.8, 4) is 5.75 Å². The molecule has 7 nitrogen and oxygen atoms in total. The number of benzene rings is 1. The van der Waals surface area contributed by atoms with Gasteiger partial charge in [0.05, 0.1) is 6.61 Å². The summed E-state index contributed by atoms with van der Waals surface area (Å²) >= 11 is 0. The van der Waals surface area contributed by atoms with Crippen LogP contribution in [0.15, 0.2) is 18.2 Å². The number of carboxylic acid groups (broad SMARTS) is 1. The third kappa shape index (κ3) is 4.23. The van der Waals surface area contributed by atoms with E-state index in [0.29, 0.717) is 19.3 Å². The predicted molar refractivity (Wildman–Crippen MR) is 104 cm³/mol. The summed E-state index contributed by atoms with van der Waals surface area (Å²) in [5.41, 5.74) is 7.38. The Hall–Kier alpha value is -1.77. The summed E-state index contributed by atoms with van der Waals surface area (Å²) in [6.45, 7) is 0.732. The largest absolute Gasteiger partial charge is 0.493 e. The molecule has 0 aromatic heterocycles. The van der Waals surface area contributed by atoms with Gasteiger partial charge in [0.25, 0.3) is 0 Å². The van der Waals surface area contributed by atoms with Crippen LogP contribution in [0.1, 0.15) is 37.7 Å². The summed E-state index contributed by atoms with van der Waals surface area (Å²) in [6.07, 6.45) is 4.14. The first-order chi connectivity index (χ1) is 12.8. The number of carboxylic acids is 1. The van der Waals surface area contributed by atoms with Crippen LogP contribution >= 0.6 is 0 Å². The number of hydrogen-bond acceptors (Lipinski definition) is 6. The highest BCUT2D eigenvalue weighted by molar-refractivity contribution is 6.40. The molecule has 0 saturated heterocycles. The summed E-state index contributed by atoms with van der Waals surface area (Å²) in [4.78, 5) is 14.0. The lowest BCUT2D eigenvalue weighted by molar-refractivity contribution is -0.147. The van der Waals surface area contributed by atoms with Gasteiger partial charge in [0.15, 0.2) is 0 Å². The molecule has 0 radical (unpaired) electrons. The highest BCUT2D eigenvalue weighted by Crippen LogP contribution is 2.42. The molecular formula is C19H29BN2O5. The van der Waals surface area contributed by atoms with E-state index in [4.69, 9.17) is 20.5 Å². The smallest absolute Gasteiger partial charge is 0.451 e. The number of fused-ring (bicyclic) bond motifs is 1. The molecule has 0 bridgehead atoms. The van der Waals surface area contributed by atoms with Gasteiger partial charge in [-0.25, -0.2) is 0 Å². The van der Waals surface area contributed by atoms with Crippen molar-refractivity contribution in [3.05, 3.63) is 23.8 Å². The molecule has 1 heterocycles. The summed E-state index contributed by atoms with van der Waals surface area (Å²) in [6, 6.07) is 6.48. The van der Waals surface area contributed by atoms with Crippen molar-refractivity contribution in [2.24, 2.45) is 11.7 Å². The molecule has 1 aliphatic carbocycles. The van der Waals surface area contributed by atoms with Crippen LogP contribution in [0.2, 0.25) is 6.32 Å². The number of unbranched alkanes of at least 4 members (excludes halogenated alkanes) is 1. The Morgan fingerprint density at radius 3 is 2.78 bits per heavy atom. The van der Waals surface area contributed by atoms with Crippen LogP contribution in [0, 0.1) is 5.92 Å². The molecule has 0 amide bonds. The molecule has 8 heteroatoms. The highest BCUT2D eigenvalue weighted by Gasteiger charge is 2.49. The van der Waals surface area contributed by atoms with Gasteiger partial charge in [0.2, 0.25) is 0 Å². The normalized spacial score (nSPS) is 23.0. The van der Waals surface area contributed by atoms with E-state index < -0.39 is 18.6 Å². The molecule has 1 atom stereocenters. The minimum absolute atomic E-state index is 0.0701. The summed E-state index contributed by atoms with van der Waals surface area (Å²) < 4.78 is 5.55. The molecule has 1 saturated carbocycles. The monoisotopic (exact) mass is 376 g/mol. The van der Waals surface area contributed by atoms with Gasteiger partial charge in [0.1, 0.15) is 11.3 Å². The number of hydrogen-bond donors (Lipinski definition) is 4. The summed E-state index contributed by atoms with van der Waals surface area (Å²) in [7, 11) is 0.696. The number of ether oxygens (including phenoxy) is 1. The zero-order valence-corrected chi connectivity index (χ0v) is 15.8. The van der Waals surface area contributed by atoms with Gasteiger partial charge in [-0.3, -0.25) is 4.79 Å². The standard InChI is InChI=1S/C19H29BN2O5/c1-22(15-4-5-17-13(10-15)6-9-27-17)16-11-14(12-16)19(21,18(23)24)7-2-3-8-20(25)26/h4-5,10,14,16,25-26H,2-3,6-9,11-12,21H2,1H3,(H,23,24)/t14-,16-,19-/m0/s1. The Labute approximate surface area is 160 Å². The minimum atomic E-state index is -1.35. The van der Waals surface area contributed by atoms with Crippen molar-refractivity contribution < 1.29 is 24.7 Å². The Bertz CT molecular complexity index is 680. The van der Waals surface area contributed by atoms with Gasteiger partial charge in [-0.1, -0.05) is 12.8 Å². The van der Waals surface area contributed by atoms with Gasteiger partial charge in [0, 0.05) is 25.2 Å². The second kappa shape index (κ2) is 8.08. The highest BCUT2D eigenvalue weighted by atomic mass is 16.5. The van der Waals surface area contributed by atoms with Gasteiger partial charge in [-0.15, -0.1) is 0 Å². The molecule has 1 aromatic rings. The van der Waals surface area contributed by atoms with Crippen LogP contribution < -0.4 is 15.4 Å². The van der Waals surface area contributed by atoms with Crippen LogP contribution in [-0.4, -0.2) is 53.5 Å². The second-order valence-electron chi connectivity index (χ2n) is 7.90. The summed E-state index contributed by atoms with van der Waals surface area (Å²) in [5, 5.41) is 27.5. The molecule has 0 unspecified atom stereocenters. The van der Waals surface area contributed by atoms with Gasteiger partial charge >= 0.3 is 13.1 Å². The molecule has 27 heavy (non-hydrogen) atoms. The van der Waals surface area contributed by atoms with Crippen molar-refractivity contribution in [1.82, 2.24) is 0 Å². The van der Waals surface area contributed by atoms with E-state index >= 15 is 0 Å². The second-order valence-corrected chi connectivity index (χ2v) is 7.90. The van der Waals surface area contributed by atoms with Crippen LogP contribution in [0.25, 0.3) is 0 Å². The topological polar surface area (TPSA) is 116 Å². The van der Waals surface area contributed by atoms with E-state index in [-0.39, 0.29) is 18.3 Å². The van der Waals surface area contributed by atoms with Gasteiger partial charge in [-0.05, 0) is 55.3 Å². The number of rotatable bonds is 9. The van der Waals surface area contributed by atoms with E-state index in [1.165, 1.54) is 5.56 Å². The lowest BCUT2D eigenvalue weighted by atomic mass is 9.65. The van der Waals surface area contributed by atoms with E-state index in [1.807, 2.05) is 19.2 Å². The number of nitrogens with two attached hydrogens (primary N) is 1. The molecule has 3 rings (SSSR count). The fraction of sp³-hybridized carbons (Fsp3) is 0.632. The first-order valence-electron chi connectivity index (χ1n) is 9.68. The average Bonchev–Trinajstić information content (AvgIpc) is 3.04. The Morgan fingerprint density at radius 1 is 1.37 bits per heavy atom. The SMILES string of the molecule is CN(c1ccc2c(c1)CCO2)[C@H]1C[C@H]([C@@](N)(CCCCB(O)O)C(=O)O)C1. The number of nitrogens with zero attached hydrogens (tertiary/aromatic N) is 1. The third-order valence-corrected chi connectivity index (χ3v) is 6.17. The minimum Gasteiger partial charge on any atom is -0.493 e. The molecule has 0 spiro atoms. The molecule has 1 aliphatic heterocycles. The number of anilines is 1. The fourth-order valence-electron chi connectivity index (χ4n) is 4.16. The van der Waals surface area contributed by atoms with Gasteiger partial charge < -0.3 is 30.5 Å². The predicted octanol–water partition coefficient (Wildman–Crippen LogP) is 1.26. The zero-order valence-electron chi connectivity index (χ0n) is 15.8. The van der Waals surface area contributed by atoms with Crippen molar-refractivity contribution in [2.45, 2.75) is 56.4 Å². The van der Waals surface area contributed by atoms with Crippen molar-refractivity contribution in [1.29, 1.82) is 0 Å². The van der Waals surface area contributed by atoms with Crippen LogP contribution in [0.3, 0.4) is 0 Å². The summed E-state index contributed by atoms with van der Waals surface area (Å²) in [5.74, 6) is -0.0782. The maximum Gasteiger partial charge on any atom is 0.451 e. The Kier molecular flexibility index (Phi) is 5.98. The van der Waals surface area contributed by atoms with E-state index in [2.05, 4.69) is 11.0 Å². The lowest BCUT2D eigenvalue weighted by Crippen LogP contribution is -2.61. The van der Waals surface area contributed by atoms with E-state index in [0.717, 1.165) is 37.3 Å². The van der Waals surface area contributed by atoms with Crippen molar-refractivity contribution in [2.75, 3.05) is 18.6 Å². The molecule has 5 N–H and O–H groups in total. The van der Waals surface area contributed by atoms with Crippen LogP contribution in [0.5, 0.6) is 5.75 Å². The number of carbonyl (C=O) groups is 1. The van der Waals surface area contributed by atoms with E-state index in [9.17, 15) is 9.90 Å². The maximum absolute atomic E-state index is 11.8. The van der Waals surface area contributed by atoms with Crippen LogP contribution in [0.4, 0.5) is 5.69 Å². The Balaban J connectivity index is 1.56. The fourth-order valence-corrected chi connectivity index (χ4v) is 4.16. The first-order valence-corrected chi connectivity index (χ1v) is 9.68. The zero-order chi connectivity index (χ0) is 19.6. The molecule has 1 aromatic carbocycles. The first kappa shape index (κ1) is 20.0. The van der Waals surface area contributed by atoms with Crippen molar-refractivity contribution >= 4 is 18.8 Å². The average molecular weight is 376 g/mol. The maximum atomic E-state index is 11.8. The van der Waals surface area contributed by atoms with E-state index in [1.54, 1.807) is 0 Å². The molecule has 2 aliphatic rings. The quantitative estimate of drug-likeness (QED) is 0.379. The van der Waals surface area contributed by atoms with Crippen molar-refractivity contribution in [3.63, 3.8) is 0 Å². The van der Waals surface area contributed by atoms with Crippen LogP contribution in [-0.2, 0) is 11.2 Å². The Morgan fingerprint density at radius 2 is 2.11 bits per heavy atom. The molecule has 1 fully saturated rings. The molecule has 148 valence electrons. The third-order valence-electron chi connectivity index (χ3n) is 6.17.